The molecule has 1 aliphatic carbocycles. The molecule has 0 bridgehead atoms. The zero-order chi connectivity index (χ0) is 26.3. The number of hydrogen-bond acceptors (Lipinski definition) is 5. The number of anilines is 2. The van der Waals surface area contributed by atoms with Crippen LogP contribution in [0.2, 0.25) is 0 Å². The molecule has 1 aliphatic heterocycles. The summed E-state index contributed by atoms with van der Waals surface area (Å²) in [4.78, 5) is 38.9. The van der Waals surface area contributed by atoms with E-state index in [2.05, 4.69) is 17.4 Å². The SMILES string of the molecule is CC(C)(C)OC(=O)Nc1cc(C(=O)O)c2c(c1)N(C(=O)OCC1c3ccccc3-c3ccccc31)CC2. The summed E-state index contributed by atoms with van der Waals surface area (Å²) in [5.74, 6) is -1.23. The molecule has 0 aromatic heterocycles. The van der Waals surface area contributed by atoms with Crippen LogP contribution in [0.4, 0.5) is 21.0 Å². The van der Waals surface area contributed by atoms with E-state index in [1.807, 2.05) is 36.4 Å². The van der Waals surface area contributed by atoms with Gasteiger partial charge in [-0.3, -0.25) is 10.2 Å². The molecule has 8 nitrogen and oxygen atoms in total. The normalized spacial score (nSPS) is 14.0. The Labute approximate surface area is 214 Å². The maximum Gasteiger partial charge on any atom is 0.414 e. The second kappa shape index (κ2) is 9.28. The zero-order valence-corrected chi connectivity index (χ0v) is 20.9. The standard InChI is InChI=1S/C29H28N2O6/c1-29(2,3)37-27(34)30-17-14-23(26(32)33)22-12-13-31(25(22)15-17)28(35)36-16-24-20-10-6-4-8-18(20)19-9-5-7-11-21(19)24/h4-11,14-15,24H,12-13,16H2,1-3H3,(H,30,34)(H,32,33). The van der Waals surface area contributed by atoms with Crippen LogP contribution >= 0.6 is 0 Å². The van der Waals surface area contributed by atoms with Crippen molar-refractivity contribution >= 4 is 29.5 Å². The summed E-state index contributed by atoms with van der Waals surface area (Å²) in [6.07, 6.45) is -0.908. The van der Waals surface area contributed by atoms with E-state index in [0.29, 0.717) is 17.7 Å². The van der Waals surface area contributed by atoms with Crippen molar-refractivity contribution in [3.8, 4) is 11.1 Å². The maximum atomic E-state index is 13.2. The number of fused-ring (bicyclic) bond motifs is 4. The highest BCUT2D eigenvalue weighted by Crippen LogP contribution is 2.44. The smallest absolute Gasteiger partial charge is 0.414 e. The average Bonchev–Trinajstić information content (AvgIpc) is 3.40. The number of hydrogen-bond donors (Lipinski definition) is 2. The Morgan fingerprint density at radius 2 is 1.62 bits per heavy atom. The number of carboxylic acids is 1. The van der Waals surface area contributed by atoms with E-state index in [0.717, 1.165) is 22.3 Å². The van der Waals surface area contributed by atoms with Gasteiger partial charge in [0.25, 0.3) is 0 Å². The van der Waals surface area contributed by atoms with Gasteiger partial charge in [-0.15, -0.1) is 0 Å². The van der Waals surface area contributed by atoms with Crippen molar-refractivity contribution < 1.29 is 29.0 Å². The number of ether oxygens (including phenoxy) is 2. The maximum absolute atomic E-state index is 13.2. The van der Waals surface area contributed by atoms with E-state index < -0.39 is 23.8 Å². The van der Waals surface area contributed by atoms with E-state index in [1.54, 1.807) is 26.8 Å². The molecule has 0 radical (unpaired) electrons. The lowest BCUT2D eigenvalue weighted by Gasteiger charge is -2.22. The molecule has 190 valence electrons. The highest BCUT2D eigenvalue weighted by Gasteiger charge is 2.33. The van der Waals surface area contributed by atoms with Crippen molar-refractivity contribution in [2.24, 2.45) is 0 Å². The van der Waals surface area contributed by atoms with Gasteiger partial charge in [-0.2, -0.15) is 0 Å². The molecule has 0 spiro atoms. The third-order valence-corrected chi connectivity index (χ3v) is 6.53. The lowest BCUT2D eigenvalue weighted by Crippen LogP contribution is -2.31. The number of nitrogens with zero attached hydrogens (tertiary/aromatic N) is 1. The van der Waals surface area contributed by atoms with Crippen LogP contribution in [0.3, 0.4) is 0 Å². The van der Waals surface area contributed by atoms with E-state index in [4.69, 9.17) is 9.47 Å². The Hall–Kier alpha value is -4.33. The van der Waals surface area contributed by atoms with Crippen molar-refractivity contribution in [3.63, 3.8) is 0 Å². The first-order valence-corrected chi connectivity index (χ1v) is 12.1. The molecule has 0 unspecified atom stereocenters. The predicted octanol–water partition coefficient (Wildman–Crippen LogP) is 6.04. The number of carbonyl (C=O) groups is 3. The van der Waals surface area contributed by atoms with Gasteiger partial charge in [-0.05, 0) is 67.1 Å². The second-order valence-corrected chi connectivity index (χ2v) is 10.2. The highest BCUT2D eigenvalue weighted by atomic mass is 16.6. The molecule has 3 aromatic carbocycles. The molecule has 0 saturated heterocycles. The Bertz CT molecular complexity index is 1360. The fraction of sp³-hybridized carbons (Fsp3) is 0.276. The lowest BCUT2D eigenvalue weighted by atomic mass is 9.98. The molecular formula is C29H28N2O6. The minimum atomic E-state index is -1.14. The topological polar surface area (TPSA) is 105 Å². The Kier molecular flexibility index (Phi) is 6.11. The summed E-state index contributed by atoms with van der Waals surface area (Å²) >= 11 is 0. The first-order chi connectivity index (χ1) is 17.6. The number of aromatic carboxylic acids is 1. The second-order valence-electron chi connectivity index (χ2n) is 10.2. The van der Waals surface area contributed by atoms with Crippen LogP contribution in [0.25, 0.3) is 11.1 Å². The van der Waals surface area contributed by atoms with Gasteiger partial charge in [0, 0.05) is 18.2 Å². The predicted molar refractivity (Wildman–Crippen MR) is 139 cm³/mol. The van der Waals surface area contributed by atoms with Crippen LogP contribution in [-0.2, 0) is 15.9 Å². The van der Waals surface area contributed by atoms with Crippen LogP contribution in [-0.4, -0.2) is 42.0 Å². The largest absolute Gasteiger partial charge is 0.478 e. The van der Waals surface area contributed by atoms with Gasteiger partial charge in [0.05, 0.1) is 11.3 Å². The van der Waals surface area contributed by atoms with Gasteiger partial charge in [0.1, 0.15) is 12.2 Å². The molecule has 0 atom stereocenters. The van der Waals surface area contributed by atoms with E-state index in [9.17, 15) is 19.5 Å². The van der Waals surface area contributed by atoms with Crippen LogP contribution in [0.1, 0.15) is 53.7 Å². The van der Waals surface area contributed by atoms with Crippen molar-refractivity contribution in [2.45, 2.75) is 38.7 Å². The van der Waals surface area contributed by atoms with Gasteiger partial charge >= 0.3 is 18.2 Å². The van der Waals surface area contributed by atoms with Gasteiger partial charge in [0.2, 0.25) is 0 Å². The number of rotatable bonds is 4. The summed E-state index contributed by atoms with van der Waals surface area (Å²) in [6, 6.07) is 19.1. The molecule has 8 heteroatoms. The van der Waals surface area contributed by atoms with Crippen LogP contribution in [0, 0.1) is 0 Å². The number of nitrogens with one attached hydrogen (secondary N) is 1. The Balaban J connectivity index is 1.37. The van der Waals surface area contributed by atoms with Gasteiger partial charge in [0.15, 0.2) is 0 Å². The summed E-state index contributed by atoms with van der Waals surface area (Å²) in [6.45, 7) is 5.63. The first kappa shape index (κ1) is 24.4. The van der Waals surface area contributed by atoms with Crippen molar-refractivity contribution in [2.75, 3.05) is 23.4 Å². The van der Waals surface area contributed by atoms with E-state index in [-0.39, 0.29) is 30.3 Å². The zero-order valence-electron chi connectivity index (χ0n) is 20.9. The minimum Gasteiger partial charge on any atom is -0.478 e. The highest BCUT2D eigenvalue weighted by molar-refractivity contribution is 6.00. The quantitative estimate of drug-likeness (QED) is 0.452. The average molecular weight is 501 g/mol. The number of benzene rings is 3. The molecule has 2 N–H and O–H groups in total. The van der Waals surface area contributed by atoms with E-state index in [1.165, 1.54) is 11.0 Å². The van der Waals surface area contributed by atoms with Crippen LogP contribution in [0.5, 0.6) is 0 Å². The molecule has 5 rings (SSSR count). The molecule has 37 heavy (non-hydrogen) atoms. The Morgan fingerprint density at radius 3 is 2.22 bits per heavy atom. The molecule has 2 amide bonds. The molecule has 1 heterocycles. The number of carboxylic acid groups (broad SMARTS) is 1. The fourth-order valence-electron chi connectivity index (χ4n) is 5.05. The van der Waals surface area contributed by atoms with Gasteiger partial charge < -0.3 is 14.6 Å². The summed E-state index contributed by atoms with van der Waals surface area (Å²) in [5.41, 5.74) is 4.94. The molecule has 0 saturated carbocycles. The minimum absolute atomic E-state index is 0.0255. The molecule has 2 aliphatic rings. The fourth-order valence-corrected chi connectivity index (χ4v) is 5.05. The van der Waals surface area contributed by atoms with E-state index >= 15 is 0 Å². The van der Waals surface area contributed by atoms with Gasteiger partial charge in [-0.25, -0.2) is 14.4 Å². The Morgan fingerprint density at radius 1 is 1.00 bits per heavy atom. The monoisotopic (exact) mass is 500 g/mol. The first-order valence-electron chi connectivity index (χ1n) is 12.1. The third kappa shape index (κ3) is 4.74. The molecular weight excluding hydrogens is 472 g/mol. The number of carbonyl (C=O) groups excluding carboxylic acids is 2. The summed E-state index contributed by atoms with van der Waals surface area (Å²) in [7, 11) is 0. The molecule has 0 fully saturated rings. The van der Waals surface area contributed by atoms with Crippen molar-refractivity contribution in [1.82, 2.24) is 0 Å². The summed E-state index contributed by atoms with van der Waals surface area (Å²) in [5, 5.41) is 12.4. The molecule has 3 aromatic rings. The van der Waals surface area contributed by atoms with Crippen LogP contribution in [0.15, 0.2) is 60.7 Å². The third-order valence-electron chi connectivity index (χ3n) is 6.53. The van der Waals surface area contributed by atoms with Crippen LogP contribution < -0.4 is 10.2 Å². The number of amides is 2. The lowest BCUT2D eigenvalue weighted by molar-refractivity contribution is 0.0632. The van der Waals surface area contributed by atoms with Crippen molar-refractivity contribution in [3.05, 3.63) is 82.9 Å². The van der Waals surface area contributed by atoms with Gasteiger partial charge in [-0.1, -0.05) is 48.5 Å². The summed E-state index contributed by atoms with van der Waals surface area (Å²) < 4.78 is 11.1. The van der Waals surface area contributed by atoms with Crippen molar-refractivity contribution in [1.29, 1.82) is 0 Å².